The van der Waals surface area contributed by atoms with E-state index in [1.165, 1.54) is 6.07 Å². The van der Waals surface area contributed by atoms with Gasteiger partial charge in [-0.3, -0.25) is 10.1 Å². The van der Waals surface area contributed by atoms with Gasteiger partial charge in [0, 0.05) is 30.9 Å². The maximum absolute atomic E-state index is 10.8. The molecule has 0 saturated carbocycles. The summed E-state index contributed by atoms with van der Waals surface area (Å²) in [7, 11) is 2.02. The zero-order valence-electron chi connectivity index (χ0n) is 10.6. The van der Waals surface area contributed by atoms with E-state index >= 15 is 0 Å². The molecule has 1 aromatic carbocycles. The van der Waals surface area contributed by atoms with Crippen molar-refractivity contribution >= 4 is 11.4 Å². The van der Waals surface area contributed by atoms with Crippen molar-refractivity contribution < 1.29 is 4.92 Å². The van der Waals surface area contributed by atoms with Gasteiger partial charge in [-0.1, -0.05) is 6.07 Å². The standard InChI is InChI=1S/C13H19N3O2/c1-15(11-6-3-8-14-9-7-11)12-4-2-5-13(10-12)16(17)18/h2,4-5,10-11,14H,3,6-9H2,1H3. The monoisotopic (exact) mass is 249 g/mol. The van der Waals surface area contributed by atoms with Crippen LogP contribution in [0.5, 0.6) is 0 Å². The number of rotatable bonds is 3. The second kappa shape index (κ2) is 5.82. The van der Waals surface area contributed by atoms with Gasteiger partial charge in [-0.15, -0.1) is 0 Å². The van der Waals surface area contributed by atoms with Crippen LogP contribution in [0.15, 0.2) is 24.3 Å². The van der Waals surface area contributed by atoms with Gasteiger partial charge in [-0.05, 0) is 38.4 Å². The number of nitro benzene ring substituents is 1. The number of nitro groups is 1. The molecule has 1 saturated heterocycles. The van der Waals surface area contributed by atoms with Crippen molar-refractivity contribution in [2.24, 2.45) is 0 Å². The second-order valence-electron chi connectivity index (χ2n) is 4.72. The molecule has 1 unspecified atom stereocenters. The van der Waals surface area contributed by atoms with E-state index in [1.54, 1.807) is 12.1 Å². The molecular formula is C13H19N3O2. The van der Waals surface area contributed by atoms with E-state index in [2.05, 4.69) is 10.2 Å². The van der Waals surface area contributed by atoms with Crippen molar-refractivity contribution in [1.82, 2.24) is 5.32 Å². The number of benzene rings is 1. The lowest BCUT2D eigenvalue weighted by Gasteiger charge is -2.28. The van der Waals surface area contributed by atoms with E-state index in [0.717, 1.165) is 38.0 Å². The predicted octanol–water partition coefficient (Wildman–Crippen LogP) is 2.17. The molecule has 1 aromatic rings. The molecule has 0 aromatic heterocycles. The van der Waals surface area contributed by atoms with Crippen molar-refractivity contribution in [2.45, 2.75) is 25.3 Å². The minimum Gasteiger partial charge on any atom is -0.371 e. The molecule has 2 rings (SSSR count). The minimum absolute atomic E-state index is 0.158. The Morgan fingerprint density at radius 1 is 1.39 bits per heavy atom. The van der Waals surface area contributed by atoms with Crippen LogP contribution in [-0.2, 0) is 0 Å². The molecule has 0 bridgehead atoms. The summed E-state index contributed by atoms with van der Waals surface area (Å²) >= 11 is 0. The molecule has 0 spiro atoms. The van der Waals surface area contributed by atoms with Crippen LogP contribution in [0.1, 0.15) is 19.3 Å². The zero-order chi connectivity index (χ0) is 13.0. The van der Waals surface area contributed by atoms with E-state index in [0.29, 0.717) is 6.04 Å². The van der Waals surface area contributed by atoms with Gasteiger partial charge in [0.15, 0.2) is 0 Å². The Morgan fingerprint density at radius 2 is 2.22 bits per heavy atom. The van der Waals surface area contributed by atoms with Gasteiger partial charge >= 0.3 is 0 Å². The summed E-state index contributed by atoms with van der Waals surface area (Å²) in [4.78, 5) is 12.6. The maximum atomic E-state index is 10.8. The van der Waals surface area contributed by atoms with Crippen LogP contribution in [0.3, 0.4) is 0 Å². The van der Waals surface area contributed by atoms with Crippen LogP contribution in [0.25, 0.3) is 0 Å². The Morgan fingerprint density at radius 3 is 3.00 bits per heavy atom. The highest BCUT2D eigenvalue weighted by Crippen LogP contribution is 2.24. The highest BCUT2D eigenvalue weighted by molar-refractivity contribution is 5.53. The SMILES string of the molecule is CN(c1cccc([N+](=O)[O-])c1)C1CCCNCC1. The molecule has 5 heteroatoms. The van der Waals surface area contributed by atoms with E-state index in [9.17, 15) is 10.1 Å². The van der Waals surface area contributed by atoms with Crippen LogP contribution >= 0.6 is 0 Å². The third-order valence-electron chi connectivity index (χ3n) is 3.54. The molecule has 98 valence electrons. The predicted molar refractivity (Wildman–Crippen MR) is 72.0 cm³/mol. The summed E-state index contributed by atoms with van der Waals surface area (Å²) in [5.41, 5.74) is 1.09. The summed E-state index contributed by atoms with van der Waals surface area (Å²) in [6.45, 7) is 2.09. The minimum atomic E-state index is -0.341. The van der Waals surface area contributed by atoms with Crippen LogP contribution < -0.4 is 10.2 Å². The number of nitrogens with zero attached hydrogens (tertiary/aromatic N) is 2. The third-order valence-corrected chi connectivity index (χ3v) is 3.54. The summed E-state index contributed by atoms with van der Waals surface area (Å²) in [6, 6.07) is 7.33. The van der Waals surface area contributed by atoms with Gasteiger partial charge < -0.3 is 10.2 Å². The lowest BCUT2D eigenvalue weighted by atomic mass is 10.1. The molecule has 1 heterocycles. The Bertz CT molecular complexity index is 414. The number of non-ortho nitro benzene ring substituents is 1. The first-order valence-electron chi connectivity index (χ1n) is 6.36. The molecular weight excluding hydrogens is 230 g/mol. The fourth-order valence-electron chi connectivity index (χ4n) is 2.42. The van der Waals surface area contributed by atoms with Crippen LogP contribution in [0.2, 0.25) is 0 Å². The first kappa shape index (κ1) is 12.8. The molecule has 0 aliphatic carbocycles. The topological polar surface area (TPSA) is 58.4 Å². The van der Waals surface area contributed by atoms with E-state index < -0.39 is 0 Å². The first-order valence-corrected chi connectivity index (χ1v) is 6.36. The average molecular weight is 249 g/mol. The number of hydrogen-bond acceptors (Lipinski definition) is 4. The summed E-state index contributed by atoms with van der Waals surface area (Å²) in [5, 5.41) is 14.2. The fourth-order valence-corrected chi connectivity index (χ4v) is 2.42. The van der Waals surface area contributed by atoms with Gasteiger partial charge in [0.1, 0.15) is 0 Å². The molecule has 1 N–H and O–H groups in total. The molecule has 1 fully saturated rings. The van der Waals surface area contributed by atoms with Gasteiger partial charge in [-0.2, -0.15) is 0 Å². The summed E-state index contributed by atoms with van der Waals surface area (Å²) in [5.74, 6) is 0. The highest BCUT2D eigenvalue weighted by atomic mass is 16.6. The second-order valence-corrected chi connectivity index (χ2v) is 4.72. The third kappa shape index (κ3) is 2.98. The van der Waals surface area contributed by atoms with Crippen LogP contribution in [0, 0.1) is 10.1 Å². The molecule has 0 amide bonds. The fraction of sp³-hybridized carbons (Fsp3) is 0.538. The van der Waals surface area contributed by atoms with Gasteiger partial charge in [0.2, 0.25) is 0 Å². The van der Waals surface area contributed by atoms with E-state index in [4.69, 9.17) is 0 Å². The maximum Gasteiger partial charge on any atom is 0.271 e. The normalized spacial score (nSPS) is 20.2. The van der Waals surface area contributed by atoms with Crippen molar-refractivity contribution in [1.29, 1.82) is 0 Å². The van der Waals surface area contributed by atoms with Crippen molar-refractivity contribution in [3.05, 3.63) is 34.4 Å². The van der Waals surface area contributed by atoms with Gasteiger partial charge in [-0.25, -0.2) is 0 Å². The van der Waals surface area contributed by atoms with Gasteiger partial charge in [0.25, 0.3) is 5.69 Å². The number of hydrogen-bond donors (Lipinski definition) is 1. The molecule has 1 aliphatic rings. The van der Waals surface area contributed by atoms with Crippen molar-refractivity contribution in [3.8, 4) is 0 Å². The van der Waals surface area contributed by atoms with Crippen LogP contribution in [0.4, 0.5) is 11.4 Å². The molecule has 0 radical (unpaired) electrons. The average Bonchev–Trinajstić information content (AvgIpc) is 2.67. The lowest BCUT2D eigenvalue weighted by molar-refractivity contribution is -0.384. The quantitative estimate of drug-likeness (QED) is 0.659. The van der Waals surface area contributed by atoms with E-state index in [-0.39, 0.29) is 10.6 Å². The van der Waals surface area contributed by atoms with Gasteiger partial charge in [0.05, 0.1) is 4.92 Å². The van der Waals surface area contributed by atoms with Crippen LogP contribution in [-0.4, -0.2) is 31.1 Å². The Kier molecular flexibility index (Phi) is 4.15. The molecule has 1 aliphatic heterocycles. The number of nitrogens with one attached hydrogen (secondary N) is 1. The van der Waals surface area contributed by atoms with E-state index in [1.807, 2.05) is 13.1 Å². The smallest absolute Gasteiger partial charge is 0.271 e. The summed E-state index contributed by atoms with van der Waals surface area (Å²) < 4.78 is 0. The molecule has 5 nitrogen and oxygen atoms in total. The Labute approximate surface area is 107 Å². The molecule has 18 heavy (non-hydrogen) atoms. The zero-order valence-corrected chi connectivity index (χ0v) is 10.6. The largest absolute Gasteiger partial charge is 0.371 e. The highest BCUT2D eigenvalue weighted by Gasteiger charge is 2.18. The van der Waals surface area contributed by atoms with Crippen molar-refractivity contribution in [2.75, 3.05) is 25.0 Å². The first-order chi connectivity index (χ1) is 8.68. The Hall–Kier alpha value is -1.62. The number of anilines is 1. The summed E-state index contributed by atoms with van der Waals surface area (Å²) in [6.07, 6.45) is 3.37. The molecule has 1 atom stereocenters. The lowest BCUT2D eigenvalue weighted by Crippen LogP contribution is -2.32. The van der Waals surface area contributed by atoms with Crippen molar-refractivity contribution in [3.63, 3.8) is 0 Å². The Balaban J connectivity index is 2.13.